The molecule has 3 saturated carbocycles. The Kier molecular flexibility index (Phi) is 4.71. The van der Waals surface area contributed by atoms with Crippen molar-refractivity contribution in [3.05, 3.63) is 58.6 Å². The fourth-order valence-corrected chi connectivity index (χ4v) is 4.96. The molecule has 3 aromatic rings. The summed E-state index contributed by atoms with van der Waals surface area (Å²) in [5.74, 6) is 1.69. The normalized spacial score (nSPS) is 23.9. The molecule has 2 bridgehead atoms. The van der Waals surface area contributed by atoms with Crippen molar-refractivity contribution in [3.8, 4) is 17.2 Å². The first-order chi connectivity index (χ1) is 14.4. The van der Waals surface area contributed by atoms with E-state index in [2.05, 4.69) is 15.5 Å². The molecule has 8 heteroatoms. The first-order valence-corrected chi connectivity index (χ1v) is 10.5. The van der Waals surface area contributed by atoms with E-state index >= 15 is 0 Å². The molecule has 2 aromatic carbocycles. The van der Waals surface area contributed by atoms with Crippen LogP contribution in [0.15, 0.2) is 53.1 Å². The highest BCUT2D eigenvalue weighted by Crippen LogP contribution is 2.69. The van der Waals surface area contributed by atoms with Crippen molar-refractivity contribution in [1.29, 1.82) is 0 Å². The van der Waals surface area contributed by atoms with Crippen LogP contribution in [0.5, 0.6) is 5.75 Å². The van der Waals surface area contributed by atoms with Gasteiger partial charge in [-0.25, -0.2) is 0 Å². The molecular weight excluding hydrogens is 425 g/mol. The predicted molar refractivity (Wildman–Crippen MR) is 114 cm³/mol. The Labute approximate surface area is 183 Å². The molecule has 30 heavy (non-hydrogen) atoms. The van der Waals surface area contributed by atoms with Gasteiger partial charge in [0.1, 0.15) is 12.4 Å². The van der Waals surface area contributed by atoms with Crippen LogP contribution >= 0.6 is 23.2 Å². The number of ether oxygens (including phenoxy) is 1. The van der Waals surface area contributed by atoms with E-state index in [1.807, 2.05) is 12.1 Å². The number of carbonyl (C=O) groups excluding carboxylic acids is 1. The Balaban J connectivity index is 1.11. The molecule has 0 saturated heterocycles. The average Bonchev–Trinajstić information content (AvgIpc) is 3.14. The highest BCUT2D eigenvalue weighted by Gasteiger charge is 2.68. The van der Waals surface area contributed by atoms with Crippen molar-refractivity contribution in [1.82, 2.24) is 10.1 Å². The molecule has 1 N–H and O–H groups in total. The Morgan fingerprint density at radius 1 is 1.03 bits per heavy atom. The van der Waals surface area contributed by atoms with Gasteiger partial charge in [-0.1, -0.05) is 23.2 Å². The predicted octanol–water partition coefficient (Wildman–Crippen LogP) is 5.42. The summed E-state index contributed by atoms with van der Waals surface area (Å²) in [4.78, 5) is 16.8. The largest absolute Gasteiger partial charge is 0.486 e. The third-order valence-corrected chi connectivity index (χ3v) is 6.32. The third-order valence-electron chi connectivity index (χ3n) is 5.82. The van der Waals surface area contributed by atoms with E-state index in [1.54, 1.807) is 36.4 Å². The zero-order chi connectivity index (χ0) is 20.8. The van der Waals surface area contributed by atoms with Gasteiger partial charge in [0, 0.05) is 27.6 Å². The van der Waals surface area contributed by atoms with Crippen molar-refractivity contribution in [2.24, 2.45) is 5.41 Å². The Hall–Kier alpha value is -2.57. The van der Waals surface area contributed by atoms with Crippen LogP contribution in [-0.2, 0) is 4.79 Å². The van der Waals surface area contributed by atoms with Crippen molar-refractivity contribution >= 4 is 34.9 Å². The van der Waals surface area contributed by atoms with Gasteiger partial charge in [0.2, 0.25) is 0 Å². The molecule has 0 aliphatic heterocycles. The lowest BCUT2D eigenvalue weighted by Crippen LogP contribution is -2.71. The van der Waals surface area contributed by atoms with Crippen LogP contribution in [0.4, 0.5) is 5.95 Å². The van der Waals surface area contributed by atoms with Gasteiger partial charge in [0.25, 0.3) is 11.8 Å². The number of ketones is 1. The molecule has 0 amide bonds. The Morgan fingerprint density at radius 2 is 1.67 bits per heavy atom. The summed E-state index contributed by atoms with van der Waals surface area (Å²) >= 11 is 11.8. The molecule has 3 aliphatic rings. The first-order valence-electron chi connectivity index (χ1n) is 9.71. The number of benzene rings is 2. The van der Waals surface area contributed by atoms with Gasteiger partial charge in [-0.3, -0.25) is 4.79 Å². The van der Waals surface area contributed by atoms with E-state index in [9.17, 15) is 4.79 Å². The minimum Gasteiger partial charge on any atom is -0.486 e. The SMILES string of the molecule is O=C(COc1ccc(Cl)cc1)CC12CC(Nc3noc(-c4ccc(Cl)cc4)n3)(C1)C2. The van der Waals surface area contributed by atoms with E-state index in [-0.39, 0.29) is 23.3 Å². The molecular formula is C22H19Cl2N3O3. The number of anilines is 1. The lowest BCUT2D eigenvalue weighted by molar-refractivity contribution is -0.147. The highest BCUT2D eigenvalue weighted by atomic mass is 35.5. The number of halogens is 2. The number of rotatable bonds is 8. The number of aromatic nitrogens is 2. The van der Waals surface area contributed by atoms with E-state index in [0.717, 1.165) is 24.8 Å². The van der Waals surface area contributed by atoms with Crippen LogP contribution in [0, 0.1) is 5.41 Å². The zero-order valence-corrected chi connectivity index (χ0v) is 17.5. The Bertz CT molecular complexity index is 1060. The van der Waals surface area contributed by atoms with Crippen LogP contribution in [-0.4, -0.2) is 28.1 Å². The fraction of sp³-hybridized carbons (Fsp3) is 0.318. The molecule has 0 unspecified atom stereocenters. The highest BCUT2D eigenvalue weighted by molar-refractivity contribution is 6.30. The summed E-state index contributed by atoms with van der Waals surface area (Å²) in [6.45, 7) is 0.0824. The van der Waals surface area contributed by atoms with Crippen LogP contribution in [0.2, 0.25) is 10.0 Å². The molecule has 1 aromatic heterocycles. The summed E-state index contributed by atoms with van der Waals surface area (Å²) in [6, 6.07) is 14.3. The minimum absolute atomic E-state index is 0.0293. The molecule has 6 rings (SSSR count). The molecule has 0 radical (unpaired) electrons. The fourth-order valence-electron chi connectivity index (χ4n) is 4.70. The van der Waals surface area contributed by atoms with Crippen molar-refractivity contribution in [2.45, 2.75) is 31.2 Å². The van der Waals surface area contributed by atoms with Gasteiger partial charge in [-0.2, -0.15) is 4.98 Å². The number of hydrogen-bond acceptors (Lipinski definition) is 6. The Morgan fingerprint density at radius 3 is 2.33 bits per heavy atom. The smallest absolute Gasteiger partial charge is 0.264 e. The maximum Gasteiger partial charge on any atom is 0.264 e. The van der Waals surface area contributed by atoms with Crippen molar-refractivity contribution in [2.75, 3.05) is 11.9 Å². The molecule has 1 heterocycles. The maximum absolute atomic E-state index is 12.3. The van der Waals surface area contributed by atoms with E-state index in [1.165, 1.54) is 0 Å². The number of Topliss-reactive ketones (excluding diaryl/α,β-unsaturated/α-hetero) is 1. The van der Waals surface area contributed by atoms with Crippen LogP contribution in [0.3, 0.4) is 0 Å². The summed E-state index contributed by atoms with van der Waals surface area (Å²) in [5.41, 5.74) is 0.870. The molecule has 154 valence electrons. The standard InChI is InChI=1S/C22H19Cl2N3O3/c23-15-3-1-14(2-4-15)19-25-20(27-30-19)26-22-11-21(12-22,13-22)9-17(28)10-29-18-7-5-16(24)6-8-18/h1-8H,9-13H2,(H,26,27). The topological polar surface area (TPSA) is 77.2 Å². The van der Waals surface area contributed by atoms with Crippen LogP contribution in [0.25, 0.3) is 11.5 Å². The van der Waals surface area contributed by atoms with Crippen molar-refractivity contribution in [3.63, 3.8) is 0 Å². The lowest BCUT2D eigenvalue weighted by Gasteiger charge is -2.70. The first kappa shape index (κ1) is 19.4. The minimum atomic E-state index is -0.0293. The van der Waals surface area contributed by atoms with E-state index < -0.39 is 0 Å². The molecule has 6 nitrogen and oxygen atoms in total. The second-order valence-electron chi connectivity index (χ2n) is 8.32. The second-order valence-corrected chi connectivity index (χ2v) is 9.20. The summed E-state index contributed by atoms with van der Waals surface area (Å²) in [5, 5.41) is 8.72. The number of nitrogens with one attached hydrogen (secondary N) is 1. The second kappa shape index (κ2) is 7.29. The van der Waals surface area contributed by atoms with E-state index in [0.29, 0.717) is 34.1 Å². The van der Waals surface area contributed by atoms with Gasteiger partial charge in [0.05, 0.1) is 0 Å². The third kappa shape index (κ3) is 3.77. The zero-order valence-electron chi connectivity index (χ0n) is 16.0. The summed E-state index contributed by atoms with van der Waals surface area (Å²) < 4.78 is 10.9. The van der Waals surface area contributed by atoms with E-state index in [4.69, 9.17) is 32.5 Å². The van der Waals surface area contributed by atoms with Gasteiger partial charge >= 0.3 is 0 Å². The lowest BCUT2D eigenvalue weighted by atomic mass is 9.38. The molecule has 3 fully saturated rings. The average molecular weight is 444 g/mol. The molecule has 0 spiro atoms. The summed E-state index contributed by atoms with van der Waals surface area (Å²) in [6.07, 6.45) is 3.32. The van der Waals surface area contributed by atoms with Gasteiger partial charge < -0.3 is 14.6 Å². The van der Waals surface area contributed by atoms with Crippen molar-refractivity contribution < 1.29 is 14.1 Å². The summed E-state index contributed by atoms with van der Waals surface area (Å²) in [7, 11) is 0. The van der Waals surface area contributed by atoms with Crippen LogP contribution < -0.4 is 10.1 Å². The quantitative estimate of drug-likeness (QED) is 0.500. The number of carbonyl (C=O) groups is 1. The molecule has 3 aliphatic carbocycles. The monoisotopic (exact) mass is 443 g/mol. The van der Waals surface area contributed by atoms with Gasteiger partial charge in [0.15, 0.2) is 5.78 Å². The number of hydrogen-bond donors (Lipinski definition) is 1. The van der Waals surface area contributed by atoms with Gasteiger partial charge in [-0.15, -0.1) is 0 Å². The van der Waals surface area contributed by atoms with Crippen LogP contribution in [0.1, 0.15) is 25.7 Å². The van der Waals surface area contributed by atoms with Gasteiger partial charge in [-0.05, 0) is 78.4 Å². The maximum atomic E-state index is 12.3. The number of nitrogens with zero attached hydrogens (tertiary/aromatic N) is 2. The molecule has 0 atom stereocenters.